The molecule has 0 aliphatic carbocycles. The SMILES string of the molecule is Cc1ccc(-c2nc(S(=O)(=O)c3ccccc3)c(S(=O)(=O)Cc3ccccc3)o2)cc1. The summed E-state index contributed by atoms with van der Waals surface area (Å²) in [5.74, 6) is -0.477. The van der Waals surface area contributed by atoms with E-state index in [2.05, 4.69) is 4.98 Å². The maximum atomic E-state index is 13.3. The van der Waals surface area contributed by atoms with Gasteiger partial charge in [0.2, 0.25) is 30.6 Å². The van der Waals surface area contributed by atoms with Gasteiger partial charge in [0.25, 0.3) is 5.09 Å². The molecule has 0 bridgehead atoms. The van der Waals surface area contributed by atoms with Crippen LogP contribution in [-0.4, -0.2) is 21.8 Å². The van der Waals surface area contributed by atoms with Gasteiger partial charge < -0.3 is 4.42 Å². The molecule has 0 saturated heterocycles. The maximum Gasteiger partial charge on any atom is 0.258 e. The third-order valence-corrected chi connectivity index (χ3v) is 8.02. The second-order valence-corrected chi connectivity index (χ2v) is 10.8. The predicted molar refractivity (Wildman–Crippen MR) is 116 cm³/mol. The molecular weight excluding hydrogens is 434 g/mol. The average molecular weight is 454 g/mol. The fourth-order valence-electron chi connectivity index (χ4n) is 3.05. The van der Waals surface area contributed by atoms with Crippen LogP contribution in [0.25, 0.3) is 11.5 Å². The molecule has 3 aromatic carbocycles. The Kier molecular flexibility index (Phi) is 5.51. The summed E-state index contributed by atoms with van der Waals surface area (Å²) in [5, 5.41) is -1.26. The molecule has 0 saturated carbocycles. The minimum absolute atomic E-state index is 0.0603. The van der Waals surface area contributed by atoms with Gasteiger partial charge in [-0.15, -0.1) is 0 Å². The summed E-state index contributed by atoms with van der Waals surface area (Å²) in [7, 11) is -8.36. The Morgan fingerprint density at radius 3 is 1.97 bits per heavy atom. The van der Waals surface area contributed by atoms with Crippen molar-refractivity contribution in [2.75, 3.05) is 0 Å². The highest BCUT2D eigenvalue weighted by atomic mass is 32.2. The van der Waals surface area contributed by atoms with Crippen molar-refractivity contribution in [3.8, 4) is 11.5 Å². The Hall–Kier alpha value is -3.23. The van der Waals surface area contributed by atoms with Crippen LogP contribution in [0.1, 0.15) is 11.1 Å². The highest BCUT2D eigenvalue weighted by Crippen LogP contribution is 2.33. The van der Waals surface area contributed by atoms with Gasteiger partial charge >= 0.3 is 0 Å². The van der Waals surface area contributed by atoms with Crippen molar-refractivity contribution in [1.82, 2.24) is 4.98 Å². The first-order chi connectivity index (χ1) is 14.8. The van der Waals surface area contributed by atoms with Crippen molar-refractivity contribution < 1.29 is 21.3 Å². The number of aromatic nitrogens is 1. The lowest BCUT2D eigenvalue weighted by Gasteiger charge is -2.05. The van der Waals surface area contributed by atoms with Gasteiger partial charge in [0, 0.05) is 5.56 Å². The molecule has 0 aliphatic rings. The van der Waals surface area contributed by atoms with Crippen molar-refractivity contribution in [2.24, 2.45) is 0 Å². The molecule has 6 nitrogen and oxygen atoms in total. The van der Waals surface area contributed by atoms with Gasteiger partial charge in [-0.05, 0) is 36.8 Å². The zero-order valence-electron chi connectivity index (χ0n) is 16.6. The first kappa shape index (κ1) is 21.0. The fourth-order valence-corrected chi connectivity index (χ4v) is 6.24. The van der Waals surface area contributed by atoms with Crippen molar-refractivity contribution in [3.05, 3.63) is 96.1 Å². The topological polar surface area (TPSA) is 94.3 Å². The van der Waals surface area contributed by atoms with Crippen LogP contribution in [0.4, 0.5) is 0 Å². The zero-order chi connectivity index (χ0) is 22.1. The van der Waals surface area contributed by atoms with E-state index in [1.54, 1.807) is 60.7 Å². The molecule has 0 radical (unpaired) electrons. The summed E-state index contributed by atoms with van der Waals surface area (Å²) < 4.78 is 58.5. The summed E-state index contributed by atoms with van der Waals surface area (Å²) in [6.45, 7) is 1.90. The minimum atomic E-state index is -4.22. The highest BCUT2D eigenvalue weighted by Gasteiger charge is 2.35. The van der Waals surface area contributed by atoms with E-state index in [0.717, 1.165) is 5.56 Å². The lowest BCUT2D eigenvalue weighted by molar-refractivity contribution is 0.444. The first-order valence-corrected chi connectivity index (χ1v) is 12.6. The molecule has 0 amide bonds. The van der Waals surface area contributed by atoms with Gasteiger partial charge in [-0.25, -0.2) is 16.8 Å². The summed E-state index contributed by atoms with van der Waals surface area (Å²) in [5.41, 5.74) is 1.99. The highest BCUT2D eigenvalue weighted by molar-refractivity contribution is 7.94. The molecule has 4 aromatic rings. The van der Waals surface area contributed by atoms with Gasteiger partial charge in [-0.3, -0.25) is 0 Å². The van der Waals surface area contributed by atoms with E-state index in [-0.39, 0.29) is 10.8 Å². The molecule has 0 N–H and O–H groups in total. The van der Waals surface area contributed by atoms with Crippen molar-refractivity contribution in [2.45, 2.75) is 27.7 Å². The number of rotatable bonds is 6. The Morgan fingerprint density at radius 2 is 1.35 bits per heavy atom. The van der Waals surface area contributed by atoms with E-state index in [0.29, 0.717) is 11.1 Å². The summed E-state index contributed by atoms with van der Waals surface area (Å²) >= 11 is 0. The van der Waals surface area contributed by atoms with Crippen LogP contribution in [0.2, 0.25) is 0 Å². The molecule has 1 aromatic heterocycles. The van der Waals surface area contributed by atoms with Crippen LogP contribution in [0.3, 0.4) is 0 Å². The maximum absolute atomic E-state index is 13.3. The third-order valence-electron chi connectivity index (χ3n) is 4.66. The van der Waals surface area contributed by atoms with Gasteiger partial charge in [0.15, 0.2) is 0 Å². The molecule has 0 fully saturated rings. The minimum Gasteiger partial charge on any atom is -0.423 e. The standard InChI is InChI=1S/C23H19NO5S2/c1-17-12-14-19(15-13-17)21-24-22(31(27,28)20-10-6-3-7-11-20)23(29-21)30(25,26)16-18-8-4-2-5-9-18/h2-15H,16H2,1H3. The number of hydrogen-bond donors (Lipinski definition) is 0. The van der Waals surface area contributed by atoms with Crippen LogP contribution in [0, 0.1) is 6.92 Å². The second kappa shape index (κ2) is 8.13. The van der Waals surface area contributed by atoms with Crippen LogP contribution < -0.4 is 0 Å². The van der Waals surface area contributed by atoms with Gasteiger partial charge in [0.05, 0.1) is 10.6 Å². The van der Waals surface area contributed by atoms with Gasteiger partial charge in [-0.2, -0.15) is 4.98 Å². The van der Waals surface area contributed by atoms with E-state index < -0.39 is 35.5 Å². The quantitative estimate of drug-likeness (QED) is 0.428. The Balaban J connectivity index is 1.89. The van der Waals surface area contributed by atoms with Crippen LogP contribution in [0.5, 0.6) is 0 Å². The smallest absolute Gasteiger partial charge is 0.258 e. The second-order valence-electron chi connectivity index (χ2n) is 7.04. The van der Waals surface area contributed by atoms with Crippen LogP contribution >= 0.6 is 0 Å². The largest absolute Gasteiger partial charge is 0.423 e. The van der Waals surface area contributed by atoms with Gasteiger partial charge in [0.1, 0.15) is 0 Å². The van der Waals surface area contributed by atoms with Crippen molar-refractivity contribution in [3.63, 3.8) is 0 Å². The fraction of sp³-hybridized carbons (Fsp3) is 0.0870. The van der Waals surface area contributed by atoms with E-state index >= 15 is 0 Å². The molecule has 158 valence electrons. The van der Waals surface area contributed by atoms with E-state index in [4.69, 9.17) is 4.42 Å². The van der Waals surface area contributed by atoms with E-state index in [1.165, 1.54) is 12.1 Å². The van der Waals surface area contributed by atoms with E-state index in [1.807, 2.05) is 19.1 Å². The summed E-state index contributed by atoms with van der Waals surface area (Å²) in [6.07, 6.45) is 0. The molecule has 0 unspecified atom stereocenters. The van der Waals surface area contributed by atoms with Crippen molar-refractivity contribution >= 4 is 19.7 Å². The Morgan fingerprint density at radius 1 is 0.774 bits per heavy atom. The number of hydrogen-bond acceptors (Lipinski definition) is 6. The normalized spacial score (nSPS) is 12.0. The average Bonchev–Trinajstić information content (AvgIpc) is 3.23. The number of oxazole rings is 1. The molecule has 0 aliphatic heterocycles. The monoisotopic (exact) mass is 453 g/mol. The first-order valence-electron chi connectivity index (χ1n) is 9.42. The van der Waals surface area contributed by atoms with Crippen LogP contribution in [-0.2, 0) is 25.4 Å². The third kappa shape index (κ3) is 4.30. The molecule has 4 rings (SSSR count). The molecule has 8 heteroatoms. The Labute approximate surface area is 181 Å². The number of aryl methyl sites for hydroxylation is 1. The molecular formula is C23H19NO5S2. The van der Waals surface area contributed by atoms with E-state index in [9.17, 15) is 16.8 Å². The van der Waals surface area contributed by atoms with Crippen molar-refractivity contribution in [1.29, 1.82) is 0 Å². The molecule has 0 atom stereocenters. The molecule has 31 heavy (non-hydrogen) atoms. The summed E-state index contributed by atoms with van der Waals surface area (Å²) in [4.78, 5) is 4.07. The number of benzene rings is 3. The lowest BCUT2D eigenvalue weighted by Crippen LogP contribution is -2.11. The summed E-state index contributed by atoms with van der Waals surface area (Å²) in [6, 6.07) is 23.1. The molecule has 0 spiro atoms. The number of nitrogens with zero attached hydrogens (tertiary/aromatic N) is 1. The predicted octanol–water partition coefficient (Wildman–Crippen LogP) is 4.46. The van der Waals surface area contributed by atoms with Crippen LogP contribution in [0.15, 0.2) is 104 Å². The number of sulfone groups is 2. The van der Waals surface area contributed by atoms with Gasteiger partial charge in [-0.1, -0.05) is 66.2 Å². The lowest BCUT2D eigenvalue weighted by atomic mass is 10.1. The molecule has 1 heterocycles. The zero-order valence-corrected chi connectivity index (χ0v) is 18.2. The Bertz CT molecular complexity index is 1410.